The van der Waals surface area contributed by atoms with Crippen molar-refractivity contribution < 1.29 is 17.8 Å². The Morgan fingerprint density at radius 2 is 1.26 bits per heavy atom. The second-order valence-corrected chi connectivity index (χ2v) is 9.44. The van der Waals surface area contributed by atoms with E-state index in [1.807, 2.05) is 0 Å². The van der Waals surface area contributed by atoms with Crippen molar-refractivity contribution in [2.24, 2.45) is 0 Å². The molecule has 19 heavy (non-hydrogen) atoms. The van der Waals surface area contributed by atoms with E-state index < -0.39 is 17.5 Å². The van der Waals surface area contributed by atoms with Crippen molar-refractivity contribution in [1.29, 1.82) is 0 Å². The highest BCUT2D eigenvalue weighted by molar-refractivity contribution is 6.89. The molecule has 100 valence electrons. The van der Waals surface area contributed by atoms with Gasteiger partial charge in [0, 0.05) is 5.19 Å². The quantitative estimate of drug-likeness (QED) is 0.647. The highest BCUT2D eigenvalue weighted by Crippen LogP contribution is 2.12. The highest BCUT2D eigenvalue weighted by atomic mass is 28.5. The third-order valence-corrected chi connectivity index (χ3v) is 7.90. The molecule has 2 aromatic carbocycles. The molecule has 0 saturated heterocycles. The molecule has 0 spiro atoms. The fraction of sp³-hybridized carbons (Fsp3) is 0.0769. The first-order valence-electron chi connectivity index (χ1n) is 5.87. The molecule has 0 radical (unpaired) electrons. The van der Waals surface area contributed by atoms with E-state index in [-0.39, 0.29) is 5.19 Å². The van der Waals surface area contributed by atoms with Gasteiger partial charge in [0.25, 0.3) is 0 Å². The van der Waals surface area contributed by atoms with E-state index >= 15 is 0 Å². The Labute approximate surface area is 113 Å². The van der Waals surface area contributed by atoms with Crippen LogP contribution in [-0.2, 0) is 4.12 Å². The van der Waals surface area contributed by atoms with Gasteiger partial charge < -0.3 is 13.7 Å². The van der Waals surface area contributed by atoms with Crippen molar-refractivity contribution in [3.63, 3.8) is 0 Å². The zero-order chi connectivity index (χ0) is 13.9. The summed E-state index contributed by atoms with van der Waals surface area (Å²) in [5, 5.41) is 0.619. The first-order valence-corrected chi connectivity index (χ1v) is 9.95. The average molecular weight is 294 g/mol. The monoisotopic (exact) mass is 294 g/mol. The highest BCUT2D eigenvalue weighted by Gasteiger charge is 2.47. The van der Waals surface area contributed by atoms with E-state index in [0.717, 1.165) is 0 Å². The van der Waals surface area contributed by atoms with Crippen molar-refractivity contribution in [3.05, 3.63) is 60.7 Å². The van der Waals surface area contributed by atoms with Crippen LogP contribution in [0, 0.1) is 0 Å². The minimum absolute atomic E-state index is 0.0960. The predicted molar refractivity (Wildman–Crippen MR) is 76.2 cm³/mol. The summed E-state index contributed by atoms with van der Waals surface area (Å²) in [6.07, 6.45) is 0. The minimum atomic E-state index is -4.59. The number of halogens is 1. The summed E-state index contributed by atoms with van der Waals surface area (Å²) in [4.78, 5) is 20.2. The smallest absolute Gasteiger partial charge is 0.408 e. The Balaban J connectivity index is 2.25. The van der Waals surface area contributed by atoms with Gasteiger partial charge in [0.05, 0.1) is 0 Å². The van der Waals surface area contributed by atoms with Gasteiger partial charge >= 0.3 is 17.5 Å². The Bertz CT molecular complexity index is 483. The molecular formula is C13H15FO3Si2. The molecule has 0 aliphatic heterocycles. The van der Waals surface area contributed by atoms with Gasteiger partial charge in [-0.05, 0) is 11.7 Å². The van der Waals surface area contributed by atoms with Gasteiger partial charge in [-0.3, -0.25) is 0 Å². The van der Waals surface area contributed by atoms with Gasteiger partial charge in [0.2, 0.25) is 0 Å². The summed E-state index contributed by atoms with van der Waals surface area (Å²) in [7, 11) is -8.05. The van der Waals surface area contributed by atoms with Crippen molar-refractivity contribution in [2.75, 3.05) is 0 Å². The van der Waals surface area contributed by atoms with Crippen LogP contribution in [0.5, 0.6) is 0 Å². The third kappa shape index (κ3) is 3.37. The Morgan fingerprint density at radius 1 is 0.842 bits per heavy atom. The van der Waals surface area contributed by atoms with Crippen LogP contribution in [0.2, 0.25) is 6.55 Å². The molecule has 0 bridgehead atoms. The first-order chi connectivity index (χ1) is 8.92. The Hall–Kier alpha value is -1.32. The van der Waals surface area contributed by atoms with Crippen LogP contribution in [0.3, 0.4) is 0 Å². The van der Waals surface area contributed by atoms with Gasteiger partial charge in [-0.15, -0.1) is 0 Å². The van der Waals surface area contributed by atoms with Crippen LogP contribution >= 0.6 is 0 Å². The average Bonchev–Trinajstić information content (AvgIpc) is 2.40. The topological polar surface area (TPSA) is 49.7 Å². The maximum Gasteiger partial charge on any atom is 0.564 e. The second kappa shape index (κ2) is 5.35. The zero-order valence-corrected chi connectivity index (χ0v) is 12.5. The molecule has 2 unspecified atom stereocenters. The SMILES string of the molecule is C[Si](O)(O[Si](O)(F)c1ccccc1)c1ccccc1. The zero-order valence-electron chi connectivity index (χ0n) is 10.5. The summed E-state index contributed by atoms with van der Waals surface area (Å²) in [6.45, 7) is 1.45. The van der Waals surface area contributed by atoms with Crippen LogP contribution in [-0.4, -0.2) is 27.0 Å². The molecule has 2 N–H and O–H groups in total. The number of rotatable bonds is 4. The molecular weight excluding hydrogens is 279 g/mol. The van der Waals surface area contributed by atoms with Crippen molar-refractivity contribution in [2.45, 2.75) is 6.55 Å². The molecule has 3 nitrogen and oxygen atoms in total. The van der Waals surface area contributed by atoms with E-state index in [1.54, 1.807) is 48.5 Å². The molecule has 0 heterocycles. The van der Waals surface area contributed by atoms with Crippen LogP contribution in [0.15, 0.2) is 60.7 Å². The number of benzene rings is 2. The minimum Gasteiger partial charge on any atom is -0.408 e. The molecule has 6 heteroatoms. The van der Waals surface area contributed by atoms with E-state index in [2.05, 4.69) is 0 Å². The normalized spacial score (nSPS) is 17.5. The summed E-state index contributed by atoms with van der Waals surface area (Å²) in [6, 6.07) is 16.5. The van der Waals surface area contributed by atoms with Crippen LogP contribution in [0.1, 0.15) is 0 Å². The molecule has 2 aromatic rings. The van der Waals surface area contributed by atoms with Crippen molar-refractivity contribution in [1.82, 2.24) is 0 Å². The molecule has 2 atom stereocenters. The summed E-state index contributed by atoms with van der Waals surface area (Å²) in [5.74, 6) is 0. The van der Waals surface area contributed by atoms with Gasteiger partial charge in [-0.1, -0.05) is 60.7 Å². The maximum absolute atomic E-state index is 14.4. The Kier molecular flexibility index (Phi) is 3.97. The summed E-state index contributed by atoms with van der Waals surface area (Å²) in [5.41, 5.74) is 0. The lowest BCUT2D eigenvalue weighted by Gasteiger charge is -2.26. The molecule has 0 saturated carbocycles. The van der Waals surface area contributed by atoms with Crippen LogP contribution in [0.4, 0.5) is 4.11 Å². The van der Waals surface area contributed by atoms with E-state index in [0.29, 0.717) is 5.19 Å². The molecule has 0 aromatic heterocycles. The Morgan fingerprint density at radius 3 is 1.74 bits per heavy atom. The summed E-state index contributed by atoms with van der Waals surface area (Å²) >= 11 is 0. The largest absolute Gasteiger partial charge is 0.564 e. The van der Waals surface area contributed by atoms with Crippen molar-refractivity contribution >= 4 is 27.8 Å². The molecule has 0 fully saturated rings. The molecule has 0 aliphatic carbocycles. The van der Waals surface area contributed by atoms with Gasteiger partial charge in [-0.25, -0.2) is 4.11 Å². The fourth-order valence-electron chi connectivity index (χ4n) is 1.77. The molecule has 0 amide bonds. The number of hydrogen-bond donors (Lipinski definition) is 2. The second-order valence-electron chi connectivity index (χ2n) is 4.38. The van der Waals surface area contributed by atoms with E-state index in [1.165, 1.54) is 18.7 Å². The standard InChI is InChI=1S/C13H15FO3Si2/c1-18(15,12-8-4-2-5-9-12)17-19(14,16)13-10-6-3-7-11-13/h2-11,15-16H,1H3. The number of hydrogen-bond acceptors (Lipinski definition) is 3. The maximum atomic E-state index is 14.4. The van der Waals surface area contributed by atoms with E-state index in [9.17, 15) is 13.7 Å². The molecule has 0 aliphatic rings. The molecule has 2 rings (SSSR count). The van der Waals surface area contributed by atoms with Gasteiger partial charge in [-0.2, -0.15) is 0 Å². The van der Waals surface area contributed by atoms with Gasteiger partial charge in [0.1, 0.15) is 0 Å². The van der Waals surface area contributed by atoms with Crippen LogP contribution < -0.4 is 10.4 Å². The lowest BCUT2D eigenvalue weighted by atomic mass is 10.4. The fourth-order valence-corrected chi connectivity index (χ4v) is 6.24. The third-order valence-electron chi connectivity index (χ3n) is 2.77. The predicted octanol–water partition coefficient (Wildman–Crippen LogP) is 0.782. The van der Waals surface area contributed by atoms with Crippen LogP contribution in [0.25, 0.3) is 0 Å². The lowest BCUT2D eigenvalue weighted by molar-refractivity contribution is 0.279. The lowest BCUT2D eigenvalue weighted by Crippen LogP contribution is -2.60. The van der Waals surface area contributed by atoms with E-state index in [4.69, 9.17) is 4.12 Å². The van der Waals surface area contributed by atoms with Gasteiger partial charge in [0.15, 0.2) is 0 Å². The summed E-state index contributed by atoms with van der Waals surface area (Å²) < 4.78 is 19.5. The van der Waals surface area contributed by atoms with Crippen molar-refractivity contribution in [3.8, 4) is 0 Å². The first kappa shape index (κ1) is 14.1.